The molecule has 1 N–H and O–H groups in total. The quantitative estimate of drug-likeness (QED) is 0.879. The van der Waals surface area contributed by atoms with Gasteiger partial charge in [-0.05, 0) is 43.0 Å². The zero-order valence-electron chi connectivity index (χ0n) is 10.9. The van der Waals surface area contributed by atoms with Crippen molar-refractivity contribution in [3.63, 3.8) is 0 Å². The highest BCUT2D eigenvalue weighted by Crippen LogP contribution is 2.28. The lowest BCUT2D eigenvalue weighted by atomic mass is 10.2. The van der Waals surface area contributed by atoms with E-state index in [9.17, 15) is 9.18 Å². The van der Waals surface area contributed by atoms with Gasteiger partial charge in [0, 0.05) is 25.6 Å². The molecule has 0 bridgehead atoms. The molecule has 1 saturated heterocycles. The number of benzene rings is 1. The molecule has 0 aromatic heterocycles. The summed E-state index contributed by atoms with van der Waals surface area (Å²) in [7, 11) is 0. The highest BCUT2D eigenvalue weighted by molar-refractivity contribution is 5.79. The van der Waals surface area contributed by atoms with E-state index in [1.165, 1.54) is 25.0 Å². The third-order valence-electron chi connectivity index (χ3n) is 3.87. The number of hydrogen-bond acceptors (Lipinski definition) is 2. The van der Waals surface area contributed by atoms with Crippen molar-refractivity contribution < 1.29 is 9.18 Å². The molecule has 2 aliphatic rings. The minimum absolute atomic E-state index is 0.164. The van der Waals surface area contributed by atoms with Gasteiger partial charge in [-0.3, -0.25) is 4.79 Å². The van der Waals surface area contributed by atoms with Gasteiger partial charge in [0.15, 0.2) is 0 Å². The molecule has 102 valence electrons. The Morgan fingerprint density at radius 2 is 2.21 bits per heavy atom. The Bertz CT molecular complexity index is 473. The van der Waals surface area contributed by atoms with Crippen LogP contribution in [0.1, 0.15) is 24.8 Å². The number of likely N-dealkylation sites (tertiary alicyclic amines) is 1. The molecular weight excluding hydrogens is 243 g/mol. The lowest BCUT2D eigenvalue weighted by molar-refractivity contribution is -0.128. The van der Waals surface area contributed by atoms with Gasteiger partial charge in [-0.15, -0.1) is 0 Å². The van der Waals surface area contributed by atoms with E-state index in [0.29, 0.717) is 13.0 Å². The fourth-order valence-electron chi connectivity index (χ4n) is 2.57. The lowest BCUT2D eigenvalue weighted by Gasteiger charge is -2.17. The van der Waals surface area contributed by atoms with Crippen molar-refractivity contribution in [3.8, 4) is 0 Å². The number of nitrogens with zero attached hydrogens (tertiary/aromatic N) is 1. The number of nitrogens with one attached hydrogen (secondary N) is 1. The highest BCUT2D eigenvalue weighted by Gasteiger charge is 2.30. The summed E-state index contributed by atoms with van der Waals surface area (Å²) >= 11 is 0. The molecule has 0 spiro atoms. The molecule has 1 amide bonds. The first kappa shape index (κ1) is 12.6. The average Bonchev–Trinajstić information content (AvgIpc) is 3.13. The molecule has 1 aromatic rings. The van der Waals surface area contributed by atoms with Crippen molar-refractivity contribution >= 4 is 5.91 Å². The molecule has 0 unspecified atom stereocenters. The van der Waals surface area contributed by atoms with Crippen molar-refractivity contribution in [2.75, 3.05) is 13.1 Å². The maximum absolute atomic E-state index is 13.1. The Hall–Kier alpha value is -1.42. The van der Waals surface area contributed by atoms with Crippen molar-refractivity contribution in [1.29, 1.82) is 0 Å². The molecule has 19 heavy (non-hydrogen) atoms. The van der Waals surface area contributed by atoms with Crippen LogP contribution in [0.25, 0.3) is 0 Å². The summed E-state index contributed by atoms with van der Waals surface area (Å²) in [5.41, 5.74) is 0.858. The van der Waals surface area contributed by atoms with Crippen LogP contribution in [-0.2, 0) is 11.3 Å². The van der Waals surface area contributed by atoms with Crippen LogP contribution in [0.2, 0.25) is 0 Å². The van der Waals surface area contributed by atoms with Gasteiger partial charge in [0.25, 0.3) is 0 Å². The van der Waals surface area contributed by atoms with Gasteiger partial charge in [0.05, 0.1) is 0 Å². The van der Waals surface area contributed by atoms with Crippen molar-refractivity contribution in [2.24, 2.45) is 5.92 Å². The summed E-state index contributed by atoms with van der Waals surface area (Å²) in [6.07, 6.45) is 3.21. The molecular formula is C15H19FN2O. The molecule has 1 aliphatic heterocycles. The first-order chi connectivity index (χ1) is 9.20. The first-order valence-electron chi connectivity index (χ1n) is 6.96. The van der Waals surface area contributed by atoms with E-state index in [1.54, 1.807) is 6.07 Å². The number of hydrogen-bond donors (Lipinski definition) is 1. The van der Waals surface area contributed by atoms with E-state index in [4.69, 9.17) is 0 Å². The Morgan fingerprint density at radius 1 is 1.37 bits per heavy atom. The van der Waals surface area contributed by atoms with Crippen molar-refractivity contribution in [1.82, 2.24) is 10.2 Å². The number of rotatable bonds is 5. The fraction of sp³-hybridized carbons (Fsp3) is 0.533. The summed E-state index contributed by atoms with van der Waals surface area (Å²) in [5.74, 6) is 0.748. The largest absolute Gasteiger partial charge is 0.337 e. The number of carbonyl (C=O) groups excluding carboxylic acids is 1. The van der Waals surface area contributed by atoms with Gasteiger partial charge in [-0.25, -0.2) is 4.39 Å². The molecule has 1 atom stereocenters. The predicted octanol–water partition coefficient (Wildman–Crippen LogP) is 1.93. The molecule has 2 fully saturated rings. The highest BCUT2D eigenvalue weighted by atomic mass is 19.1. The molecule has 3 nitrogen and oxygen atoms in total. The normalized spacial score (nSPS) is 23.1. The summed E-state index contributed by atoms with van der Waals surface area (Å²) in [4.78, 5) is 13.7. The Labute approximate surface area is 112 Å². The van der Waals surface area contributed by atoms with Gasteiger partial charge in [0.2, 0.25) is 5.91 Å². The minimum atomic E-state index is -0.243. The molecule has 1 aromatic carbocycles. The van der Waals surface area contributed by atoms with Gasteiger partial charge >= 0.3 is 0 Å². The van der Waals surface area contributed by atoms with Crippen LogP contribution in [0.5, 0.6) is 0 Å². The summed E-state index contributed by atoms with van der Waals surface area (Å²) < 4.78 is 13.1. The van der Waals surface area contributed by atoms with Crippen molar-refractivity contribution in [3.05, 3.63) is 35.6 Å². The van der Waals surface area contributed by atoms with Gasteiger partial charge in [-0.1, -0.05) is 12.1 Å². The van der Waals surface area contributed by atoms with E-state index in [1.807, 2.05) is 11.0 Å². The molecule has 3 rings (SSSR count). The van der Waals surface area contributed by atoms with E-state index < -0.39 is 0 Å². The van der Waals surface area contributed by atoms with Crippen LogP contribution >= 0.6 is 0 Å². The molecule has 4 heteroatoms. The third-order valence-corrected chi connectivity index (χ3v) is 3.87. The number of carbonyl (C=O) groups is 1. The second-order valence-corrected chi connectivity index (χ2v) is 5.66. The molecule has 1 aliphatic carbocycles. The fourth-order valence-corrected chi connectivity index (χ4v) is 2.57. The second kappa shape index (κ2) is 5.29. The standard InChI is InChI=1S/C15H19FN2O/c16-13-3-1-2-12(6-13)9-18-10-14(7-15(18)19)17-8-11-4-5-11/h1-3,6,11,14,17H,4-5,7-10H2/t14-/m1/s1. The van der Waals surface area contributed by atoms with E-state index in [-0.39, 0.29) is 17.8 Å². The van der Waals surface area contributed by atoms with Gasteiger partial charge in [-0.2, -0.15) is 0 Å². The van der Waals surface area contributed by atoms with Crippen LogP contribution in [0.3, 0.4) is 0 Å². The summed E-state index contributed by atoms with van der Waals surface area (Å²) in [5, 5.41) is 3.46. The summed E-state index contributed by atoms with van der Waals surface area (Å²) in [6, 6.07) is 6.74. The zero-order valence-corrected chi connectivity index (χ0v) is 10.9. The van der Waals surface area contributed by atoms with E-state index in [2.05, 4.69) is 5.32 Å². The Kier molecular flexibility index (Phi) is 3.51. The third kappa shape index (κ3) is 3.32. The first-order valence-corrected chi connectivity index (χ1v) is 6.96. The Morgan fingerprint density at radius 3 is 2.95 bits per heavy atom. The maximum Gasteiger partial charge on any atom is 0.224 e. The molecule has 1 heterocycles. The van der Waals surface area contributed by atoms with Crippen LogP contribution in [0.15, 0.2) is 24.3 Å². The topological polar surface area (TPSA) is 32.3 Å². The van der Waals surface area contributed by atoms with Gasteiger partial charge < -0.3 is 10.2 Å². The van der Waals surface area contributed by atoms with E-state index in [0.717, 1.165) is 24.6 Å². The van der Waals surface area contributed by atoms with Gasteiger partial charge in [0.1, 0.15) is 5.82 Å². The van der Waals surface area contributed by atoms with Crippen LogP contribution in [0, 0.1) is 11.7 Å². The lowest BCUT2D eigenvalue weighted by Crippen LogP contribution is -2.33. The van der Waals surface area contributed by atoms with E-state index >= 15 is 0 Å². The zero-order chi connectivity index (χ0) is 13.2. The maximum atomic E-state index is 13.1. The summed E-state index contributed by atoms with van der Waals surface area (Å²) in [6.45, 7) is 2.28. The SMILES string of the molecule is O=C1C[C@@H](NCC2CC2)CN1Cc1cccc(F)c1. The van der Waals surface area contributed by atoms with Crippen LogP contribution in [-0.4, -0.2) is 29.9 Å². The molecule has 1 saturated carbocycles. The number of amides is 1. The van der Waals surface area contributed by atoms with Crippen LogP contribution in [0.4, 0.5) is 4.39 Å². The Balaban J connectivity index is 1.54. The van der Waals surface area contributed by atoms with Crippen LogP contribution < -0.4 is 5.32 Å². The predicted molar refractivity (Wildman–Crippen MR) is 70.9 cm³/mol. The number of halogens is 1. The average molecular weight is 262 g/mol. The van der Waals surface area contributed by atoms with Crippen molar-refractivity contribution in [2.45, 2.75) is 31.8 Å². The molecule has 0 radical (unpaired) electrons. The monoisotopic (exact) mass is 262 g/mol. The smallest absolute Gasteiger partial charge is 0.224 e. The second-order valence-electron chi connectivity index (χ2n) is 5.66. The minimum Gasteiger partial charge on any atom is -0.337 e.